The Bertz CT molecular complexity index is 722. The standard InChI is InChI=1S/C16H18N2O4/c1-10-3-2-4-12-11(8-17-15(10)12)7-14(19)18-5-6-22-13(9-18)16(20)21/h2-4,8,13,17H,5-7,9H2,1H3,(H,20,21)/t13-/m0/s1. The fourth-order valence-electron chi connectivity index (χ4n) is 2.81. The summed E-state index contributed by atoms with van der Waals surface area (Å²) in [5.41, 5.74) is 3.10. The van der Waals surface area contributed by atoms with E-state index in [1.165, 1.54) is 0 Å². The summed E-state index contributed by atoms with van der Waals surface area (Å²) in [5, 5.41) is 10.0. The fourth-order valence-corrected chi connectivity index (χ4v) is 2.81. The molecule has 1 aromatic carbocycles. The second kappa shape index (κ2) is 5.81. The summed E-state index contributed by atoms with van der Waals surface area (Å²) in [4.78, 5) is 28.2. The maximum Gasteiger partial charge on any atom is 0.334 e. The summed E-state index contributed by atoms with van der Waals surface area (Å²) >= 11 is 0. The number of fused-ring (bicyclic) bond motifs is 1. The lowest BCUT2D eigenvalue weighted by atomic mass is 10.1. The van der Waals surface area contributed by atoms with E-state index in [2.05, 4.69) is 4.98 Å². The molecule has 1 atom stereocenters. The largest absolute Gasteiger partial charge is 0.479 e. The van der Waals surface area contributed by atoms with E-state index in [4.69, 9.17) is 9.84 Å². The molecule has 6 nitrogen and oxygen atoms in total. The number of hydrogen-bond acceptors (Lipinski definition) is 3. The first-order valence-electron chi connectivity index (χ1n) is 7.24. The maximum atomic E-state index is 12.4. The van der Waals surface area contributed by atoms with Crippen molar-refractivity contribution in [3.05, 3.63) is 35.5 Å². The van der Waals surface area contributed by atoms with Gasteiger partial charge in [0, 0.05) is 23.6 Å². The number of H-pyrrole nitrogens is 1. The molecule has 1 fully saturated rings. The molecular formula is C16H18N2O4. The SMILES string of the molecule is Cc1cccc2c(CC(=O)N3CCO[C@H](C(=O)O)C3)c[nH]c12. The van der Waals surface area contributed by atoms with E-state index in [0.717, 1.165) is 22.0 Å². The zero-order valence-corrected chi connectivity index (χ0v) is 12.3. The number of carbonyl (C=O) groups is 2. The van der Waals surface area contributed by atoms with Gasteiger partial charge in [-0.3, -0.25) is 4.79 Å². The van der Waals surface area contributed by atoms with Crippen molar-refractivity contribution in [3.8, 4) is 0 Å². The van der Waals surface area contributed by atoms with Crippen LogP contribution in [0.25, 0.3) is 10.9 Å². The number of nitrogens with zero attached hydrogens (tertiary/aromatic N) is 1. The number of carboxylic acids is 1. The first-order chi connectivity index (χ1) is 10.6. The Labute approximate surface area is 127 Å². The van der Waals surface area contributed by atoms with Gasteiger partial charge in [0.25, 0.3) is 0 Å². The van der Waals surface area contributed by atoms with Gasteiger partial charge in [-0.05, 0) is 18.1 Å². The van der Waals surface area contributed by atoms with E-state index in [9.17, 15) is 9.59 Å². The van der Waals surface area contributed by atoms with Crippen molar-refractivity contribution in [2.45, 2.75) is 19.4 Å². The highest BCUT2D eigenvalue weighted by Crippen LogP contribution is 2.22. The molecule has 116 valence electrons. The summed E-state index contributed by atoms with van der Waals surface area (Å²) in [6, 6.07) is 5.97. The third kappa shape index (κ3) is 2.69. The number of nitrogens with one attached hydrogen (secondary N) is 1. The highest BCUT2D eigenvalue weighted by atomic mass is 16.5. The van der Waals surface area contributed by atoms with E-state index in [-0.39, 0.29) is 25.5 Å². The number of para-hydroxylation sites is 1. The molecule has 22 heavy (non-hydrogen) atoms. The van der Waals surface area contributed by atoms with Crippen LogP contribution < -0.4 is 0 Å². The monoisotopic (exact) mass is 302 g/mol. The molecule has 0 saturated carbocycles. The van der Waals surface area contributed by atoms with Gasteiger partial charge in [0.05, 0.1) is 19.6 Å². The first-order valence-corrected chi connectivity index (χ1v) is 7.24. The minimum absolute atomic E-state index is 0.0723. The van der Waals surface area contributed by atoms with Crippen LogP contribution in [0.2, 0.25) is 0 Å². The first kappa shape index (κ1) is 14.6. The van der Waals surface area contributed by atoms with Crippen LogP contribution in [0.1, 0.15) is 11.1 Å². The van der Waals surface area contributed by atoms with Crippen molar-refractivity contribution < 1.29 is 19.4 Å². The van der Waals surface area contributed by atoms with Gasteiger partial charge in [-0.15, -0.1) is 0 Å². The fraction of sp³-hybridized carbons (Fsp3) is 0.375. The third-order valence-corrected chi connectivity index (χ3v) is 4.05. The highest BCUT2D eigenvalue weighted by molar-refractivity contribution is 5.90. The second-order valence-corrected chi connectivity index (χ2v) is 5.53. The van der Waals surface area contributed by atoms with Crippen LogP contribution in [-0.4, -0.2) is 52.7 Å². The molecule has 2 N–H and O–H groups in total. The molecule has 1 saturated heterocycles. The predicted molar refractivity (Wildman–Crippen MR) is 80.7 cm³/mol. The topological polar surface area (TPSA) is 82.6 Å². The van der Waals surface area contributed by atoms with Crippen molar-refractivity contribution >= 4 is 22.8 Å². The van der Waals surface area contributed by atoms with Crippen LogP contribution in [0.4, 0.5) is 0 Å². The lowest BCUT2D eigenvalue weighted by Gasteiger charge is -2.30. The number of aryl methyl sites for hydroxylation is 1. The number of aromatic amines is 1. The Morgan fingerprint density at radius 3 is 3.05 bits per heavy atom. The Morgan fingerprint density at radius 2 is 2.27 bits per heavy atom. The molecule has 2 heterocycles. The molecule has 0 aliphatic carbocycles. The third-order valence-electron chi connectivity index (χ3n) is 4.05. The Balaban J connectivity index is 1.76. The molecule has 3 rings (SSSR count). The van der Waals surface area contributed by atoms with Crippen molar-refractivity contribution in [1.29, 1.82) is 0 Å². The van der Waals surface area contributed by atoms with Crippen LogP contribution in [0.5, 0.6) is 0 Å². The maximum absolute atomic E-state index is 12.4. The predicted octanol–water partition coefficient (Wildman–Crippen LogP) is 1.33. The lowest BCUT2D eigenvalue weighted by Crippen LogP contribution is -2.49. The van der Waals surface area contributed by atoms with Gasteiger partial charge in [-0.1, -0.05) is 18.2 Å². The minimum Gasteiger partial charge on any atom is -0.479 e. The summed E-state index contributed by atoms with van der Waals surface area (Å²) < 4.78 is 5.14. The minimum atomic E-state index is -1.03. The van der Waals surface area contributed by atoms with Crippen molar-refractivity contribution in [2.24, 2.45) is 0 Å². The summed E-state index contributed by atoms with van der Waals surface area (Å²) in [6.45, 7) is 2.82. The number of aliphatic carboxylic acids is 1. The summed E-state index contributed by atoms with van der Waals surface area (Å²) in [7, 11) is 0. The Hall–Kier alpha value is -2.34. The van der Waals surface area contributed by atoms with Crippen molar-refractivity contribution in [3.63, 3.8) is 0 Å². The summed E-state index contributed by atoms with van der Waals surface area (Å²) in [6.07, 6.45) is 1.18. The number of aromatic nitrogens is 1. The molecule has 2 aromatic rings. The van der Waals surface area contributed by atoms with Gasteiger partial charge in [-0.2, -0.15) is 0 Å². The Kier molecular flexibility index (Phi) is 3.85. The number of morpholine rings is 1. The van der Waals surface area contributed by atoms with E-state index in [0.29, 0.717) is 6.54 Å². The normalized spacial score (nSPS) is 18.6. The van der Waals surface area contributed by atoms with E-state index in [1.807, 2.05) is 31.3 Å². The molecule has 1 amide bonds. The summed E-state index contributed by atoms with van der Waals surface area (Å²) in [5.74, 6) is -1.10. The molecule has 1 aliphatic heterocycles. The smallest absolute Gasteiger partial charge is 0.334 e. The van der Waals surface area contributed by atoms with Gasteiger partial charge < -0.3 is 19.7 Å². The quantitative estimate of drug-likeness (QED) is 0.896. The number of rotatable bonds is 3. The van der Waals surface area contributed by atoms with Gasteiger partial charge in [0.2, 0.25) is 5.91 Å². The number of ether oxygens (including phenoxy) is 1. The molecule has 0 radical (unpaired) electrons. The molecule has 0 unspecified atom stereocenters. The number of benzene rings is 1. The van der Waals surface area contributed by atoms with E-state index in [1.54, 1.807) is 4.90 Å². The van der Waals surface area contributed by atoms with Gasteiger partial charge in [0.15, 0.2) is 6.10 Å². The molecule has 1 aliphatic rings. The number of hydrogen-bond donors (Lipinski definition) is 2. The Morgan fingerprint density at radius 1 is 1.45 bits per heavy atom. The van der Waals surface area contributed by atoms with Gasteiger partial charge in [0.1, 0.15) is 0 Å². The zero-order chi connectivity index (χ0) is 15.7. The molecular weight excluding hydrogens is 284 g/mol. The van der Waals surface area contributed by atoms with Crippen molar-refractivity contribution in [2.75, 3.05) is 19.7 Å². The van der Waals surface area contributed by atoms with Crippen LogP contribution in [-0.2, 0) is 20.7 Å². The molecule has 0 bridgehead atoms. The zero-order valence-electron chi connectivity index (χ0n) is 12.3. The number of carbonyl (C=O) groups excluding carboxylic acids is 1. The second-order valence-electron chi connectivity index (χ2n) is 5.53. The lowest BCUT2D eigenvalue weighted by molar-refractivity contribution is -0.159. The van der Waals surface area contributed by atoms with Crippen molar-refractivity contribution in [1.82, 2.24) is 9.88 Å². The molecule has 1 aromatic heterocycles. The number of amides is 1. The molecule has 6 heteroatoms. The van der Waals surface area contributed by atoms with Crippen LogP contribution in [0.3, 0.4) is 0 Å². The van der Waals surface area contributed by atoms with E-state index < -0.39 is 12.1 Å². The van der Waals surface area contributed by atoms with E-state index >= 15 is 0 Å². The van der Waals surface area contributed by atoms with Gasteiger partial charge in [-0.25, -0.2) is 4.79 Å². The van der Waals surface area contributed by atoms with Gasteiger partial charge >= 0.3 is 5.97 Å². The van der Waals surface area contributed by atoms with Crippen LogP contribution >= 0.6 is 0 Å². The number of carboxylic acid groups (broad SMARTS) is 1. The molecule has 0 spiro atoms. The average molecular weight is 302 g/mol. The average Bonchev–Trinajstić information content (AvgIpc) is 2.92. The highest BCUT2D eigenvalue weighted by Gasteiger charge is 2.29. The van der Waals surface area contributed by atoms with Crippen LogP contribution in [0.15, 0.2) is 24.4 Å². The van der Waals surface area contributed by atoms with Crippen LogP contribution in [0, 0.1) is 6.92 Å².